The fraction of sp³-hybridized carbons (Fsp3) is 0.176. The second-order valence-corrected chi connectivity index (χ2v) is 5.06. The van der Waals surface area contributed by atoms with E-state index in [-0.39, 0.29) is 17.5 Å². The zero-order valence-corrected chi connectivity index (χ0v) is 12.6. The topological polar surface area (TPSA) is 57.3 Å². The Morgan fingerprint density at radius 3 is 2.29 bits per heavy atom. The summed E-state index contributed by atoms with van der Waals surface area (Å²) in [5.74, 6) is -0.602. The maximum Gasteiger partial charge on any atom is 0.437 e. The number of halogens is 2. The lowest BCUT2D eigenvalue weighted by Crippen LogP contribution is -2.17. The summed E-state index contributed by atoms with van der Waals surface area (Å²) in [5, 5.41) is 4.08. The maximum atomic E-state index is 12.9. The van der Waals surface area contributed by atoms with Crippen molar-refractivity contribution >= 4 is 0 Å². The first-order chi connectivity index (χ1) is 11.6. The molecule has 0 saturated heterocycles. The van der Waals surface area contributed by atoms with Gasteiger partial charge in [-0.25, -0.2) is 13.6 Å². The first kappa shape index (κ1) is 15.9. The molecule has 5 nitrogen and oxygen atoms in total. The predicted molar refractivity (Wildman–Crippen MR) is 82.7 cm³/mol. The van der Waals surface area contributed by atoms with Gasteiger partial charge < -0.3 is 9.15 Å². The average Bonchev–Trinajstić information content (AvgIpc) is 2.95. The van der Waals surface area contributed by atoms with Crippen LogP contribution < -0.4 is 10.5 Å². The van der Waals surface area contributed by atoms with Crippen LogP contribution in [0, 0.1) is 11.6 Å². The van der Waals surface area contributed by atoms with E-state index in [2.05, 4.69) is 5.10 Å². The van der Waals surface area contributed by atoms with E-state index in [1.165, 1.54) is 53.2 Å². The molecule has 1 heterocycles. The smallest absolute Gasteiger partial charge is 0.437 e. The Kier molecular flexibility index (Phi) is 4.69. The first-order valence-electron chi connectivity index (χ1n) is 7.34. The third-order valence-electron chi connectivity index (χ3n) is 3.29. The number of hydrogen-bond acceptors (Lipinski definition) is 4. The molecular formula is C17H14F2N2O3. The van der Waals surface area contributed by atoms with Gasteiger partial charge in [-0.1, -0.05) is 0 Å². The van der Waals surface area contributed by atoms with Crippen molar-refractivity contribution < 1.29 is 17.9 Å². The van der Waals surface area contributed by atoms with E-state index in [0.717, 1.165) is 0 Å². The Morgan fingerprint density at radius 1 is 1.00 bits per heavy atom. The lowest BCUT2D eigenvalue weighted by molar-refractivity contribution is 0.295. The van der Waals surface area contributed by atoms with Crippen LogP contribution in [-0.4, -0.2) is 16.4 Å². The van der Waals surface area contributed by atoms with Crippen molar-refractivity contribution in [2.45, 2.75) is 13.0 Å². The van der Waals surface area contributed by atoms with Gasteiger partial charge >= 0.3 is 5.76 Å². The molecule has 0 fully saturated rings. The summed E-state index contributed by atoms with van der Waals surface area (Å²) in [6.45, 7) is 0.654. The van der Waals surface area contributed by atoms with Crippen molar-refractivity contribution in [1.82, 2.24) is 9.78 Å². The van der Waals surface area contributed by atoms with E-state index in [1.807, 2.05) is 0 Å². The summed E-state index contributed by atoms with van der Waals surface area (Å²) >= 11 is 0. The number of aromatic nitrogens is 2. The number of rotatable bonds is 6. The molecule has 0 N–H and O–H groups in total. The number of ether oxygens (including phenoxy) is 1. The molecule has 24 heavy (non-hydrogen) atoms. The molecule has 0 radical (unpaired) electrons. The third-order valence-corrected chi connectivity index (χ3v) is 3.29. The number of benzene rings is 2. The van der Waals surface area contributed by atoms with Gasteiger partial charge in [-0.05, 0) is 48.5 Å². The second-order valence-electron chi connectivity index (χ2n) is 5.06. The fourth-order valence-corrected chi connectivity index (χ4v) is 2.09. The van der Waals surface area contributed by atoms with Crippen LogP contribution in [0.25, 0.3) is 11.5 Å². The van der Waals surface area contributed by atoms with Crippen molar-refractivity contribution in [3.8, 4) is 17.2 Å². The van der Waals surface area contributed by atoms with Crippen molar-refractivity contribution in [2.24, 2.45) is 0 Å². The number of aryl methyl sites for hydroxylation is 1. The molecule has 0 aliphatic heterocycles. The average molecular weight is 332 g/mol. The Bertz CT molecular complexity index is 855. The molecule has 0 aliphatic rings. The molecule has 3 aromatic rings. The Morgan fingerprint density at radius 2 is 1.62 bits per heavy atom. The monoisotopic (exact) mass is 332 g/mol. The molecular weight excluding hydrogens is 318 g/mol. The van der Waals surface area contributed by atoms with Gasteiger partial charge in [0.15, 0.2) is 0 Å². The summed E-state index contributed by atoms with van der Waals surface area (Å²) in [6, 6.07) is 11.2. The van der Waals surface area contributed by atoms with Crippen molar-refractivity contribution in [2.75, 3.05) is 6.61 Å². The molecule has 7 heteroatoms. The molecule has 124 valence electrons. The van der Waals surface area contributed by atoms with E-state index in [4.69, 9.17) is 9.15 Å². The molecule has 0 unspecified atom stereocenters. The van der Waals surface area contributed by atoms with Crippen molar-refractivity contribution in [1.29, 1.82) is 0 Å². The van der Waals surface area contributed by atoms with Crippen LogP contribution in [0.2, 0.25) is 0 Å². The van der Waals surface area contributed by atoms with Crippen LogP contribution in [0.1, 0.15) is 6.42 Å². The Balaban J connectivity index is 1.57. The number of hydrogen-bond donors (Lipinski definition) is 0. The molecule has 0 saturated carbocycles. The Labute approximate surface area is 136 Å². The van der Waals surface area contributed by atoms with Crippen LogP contribution in [0.5, 0.6) is 5.75 Å². The highest BCUT2D eigenvalue weighted by Gasteiger charge is 2.10. The normalized spacial score (nSPS) is 10.8. The van der Waals surface area contributed by atoms with Gasteiger partial charge in [-0.15, -0.1) is 5.10 Å². The van der Waals surface area contributed by atoms with E-state index in [0.29, 0.717) is 30.9 Å². The molecule has 3 rings (SSSR count). The zero-order valence-electron chi connectivity index (χ0n) is 12.6. The number of nitrogens with zero attached hydrogens (tertiary/aromatic N) is 2. The highest BCUT2D eigenvalue weighted by Crippen LogP contribution is 2.15. The summed E-state index contributed by atoms with van der Waals surface area (Å²) in [7, 11) is 0. The molecule has 0 amide bonds. The lowest BCUT2D eigenvalue weighted by Gasteiger charge is -2.05. The van der Waals surface area contributed by atoms with Gasteiger partial charge in [0.25, 0.3) is 0 Å². The van der Waals surface area contributed by atoms with Gasteiger partial charge in [0.05, 0.1) is 13.2 Å². The minimum atomic E-state index is -0.587. The highest BCUT2D eigenvalue weighted by molar-refractivity contribution is 5.51. The molecule has 0 bridgehead atoms. The quantitative estimate of drug-likeness (QED) is 0.650. The van der Waals surface area contributed by atoms with E-state index >= 15 is 0 Å². The molecule has 2 aromatic carbocycles. The van der Waals surface area contributed by atoms with Crippen LogP contribution >= 0.6 is 0 Å². The molecule has 1 aromatic heterocycles. The van der Waals surface area contributed by atoms with Crippen LogP contribution in [0.4, 0.5) is 8.78 Å². The van der Waals surface area contributed by atoms with Gasteiger partial charge in [0.2, 0.25) is 5.89 Å². The molecule has 0 spiro atoms. The van der Waals surface area contributed by atoms with E-state index in [1.54, 1.807) is 0 Å². The molecule has 0 atom stereocenters. The van der Waals surface area contributed by atoms with Gasteiger partial charge in [0, 0.05) is 12.0 Å². The minimum absolute atomic E-state index is 0.138. The second kappa shape index (κ2) is 7.08. The fourth-order valence-electron chi connectivity index (χ4n) is 2.09. The molecule has 0 aliphatic carbocycles. The zero-order chi connectivity index (χ0) is 16.9. The van der Waals surface area contributed by atoms with Crippen LogP contribution in [-0.2, 0) is 6.54 Å². The van der Waals surface area contributed by atoms with Gasteiger partial charge in [-0.2, -0.15) is 4.68 Å². The van der Waals surface area contributed by atoms with Gasteiger partial charge in [-0.3, -0.25) is 0 Å². The SMILES string of the molecule is O=c1oc(-c2ccc(F)cc2)nn1CCCOc1ccc(F)cc1. The van der Waals surface area contributed by atoms with Crippen LogP contribution in [0.15, 0.2) is 57.7 Å². The standard InChI is InChI=1S/C17H14F2N2O3/c18-13-4-2-12(3-5-13)16-20-21(17(22)24-16)10-1-11-23-15-8-6-14(19)7-9-15/h2-9H,1,10-11H2. The summed E-state index contributed by atoms with van der Waals surface area (Å²) in [5.41, 5.74) is 0.523. The first-order valence-corrected chi connectivity index (χ1v) is 7.34. The maximum absolute atomic E-state index is 12.9. The van der Waals surface area contributed by atoms with E-state index < -0.39 is 5.76 Å². The Hall–Kier alpha value is -2.96. The minimum Gasteiger partial charge on any atom is -0.494 e. The predicted octanol–water partition coefficient (Wildman–Crippen LogP) is 3.25. The summed E-state index contributed by atoms with van der Waals surface area (Å²) < 4.78 is 37.4. The van der Waals surface area contributed by atoms with Crippen molar-refractivity contribution in [3.63, 3.8) is 0 Å². The summed E-state index contributed by atoms with van der Waals surface area (Å²) in [4.78, 5) is 11.8. The van der Waals surface area contributed by atoms with Crippen LogP contribution in [0.3, 0.4) is 0 Å². The van der Waals surface area contributed by atoms with Crippen molar-refractivity contribution in [3.05, 3.63) is 70.7 Å². The largest absolute Gasteiger partial charge is 0.494 e. The van der Waals surface area contributed by atoms with E-state index in [9.17, 15) is 13.6 Å². The van der Waals surface area contributed by atoms with Gasteiger partial charge in [0.1, 0.15) is 17.4 Å². The summed E-state index contributed by atoms with van der Waals surface area (Å²) in [6.07, 6.45) is 0.521. The highest BCUT2D eigenvalue weighted by atomic mass is 19.1. The third kappa shape index (κ3) is 3.87. The lowest BCUT2D eigenvalue weighted by atomic mass is 10.2.